The van der Waals surface area contributed by atoms with E-state index in [-0.39, 0.29) is 0 Å². The van der Waals surface area contributed by atoms with Gasteiger partial charge in [-0.05, 0) is 246 Å². The SMILES string of the molecule is c1ccc(-n2c3ccccc3c3cc(-c4ccc5c(c4)c4c6c(ccc4n5-c4ccccc4)oc4ccccc46)ccc32)cc1.c1ccc(-n2c3ccccc3c3cc(-c4ccc5c(c4)c4c6oc7ccccc7c6ccc4n5-c4ccccc4)ccc32)cc1.c1ccc(-n2c3ccccc3c3cc(-c4ccc5c(c4)c4cc6c(cc4n5-c4ccccc4)oc4ccccc46)ccc32)cc1. The van der Waals surface area contributed by atoms with Gasteiger partial charge in [-0.15, -0.1) is 0 Å². The van der Waals surface area contributed by atoms with Crippen molar-refractivity contribution >= 4 is 197 Å². The van der Waals surface area contributed by atoms with Gasteiger partial charge in [0.25, 0.3) is 0 Å². The Hall–Kier alpha value is -18.2. The van der Waals surface area contributed by atoms with Crippen LogP contribution in [0.4, 0.5) is 0 Å². The van der Waals surface area contributed by atoms with Crippen LogP contribution in [0.2, 0.25) is 0 Å². The molecule has 0 aliphatic rings. The van der Waals surface area contributed by atoms with E-state index in [9.17, 15) is 0 Å². The Kier molecular flexibility index (Phi) is 17.0. The van der Waals surface area contributed by atoms with Crippen molar-refractivity contribution in [2.75, 3.05) is 0 Å². The molecule has 0 N–H and O–H groups in total. The van der Waals surface area contributed by atoms with Crippen LogP contribution < -0.4 is 0 Å². The number of rotatable bonds is 9. The zero-order valence-corrected chi connectivity index (χ0v) is 72.9. The maximum Gasteiger partial charge on any atom is 0.145 e. The summed E-state index contributed by atoms with van der Waals surface area (Å²) in [5.74, 6) is 0. The number of furan rings is 3. The van der Waals surface area contributed by atoms with Crippen molar-refractivity contribution in [3.63, 3.8) is 0 Å². The van der Waals surface area contributed by atoms with Crippen LogP contribution in [0.15, 0.2) is 486 Å². The molecule has 0 amide bonds. The molecule has 9 nitrogen and oxygen atoms in total. The number of benzene rings is 21. The Morgan fingerprint density at radius 3 is 0.785 bits per heavy atom. The summed E-state index contributed by atoms with van der Waals surface area (Å²) in [4.78, 5) is 0. The smallest absolute Gasteiger partial charge is 0.145 e. The highest BCUT2D eigenvalue weighted by Gasteiger charge is 2.26. The van der Waals surface area contributed by atoms with Gasteiger partial charge in [0.2, 0.25) is 0 Å². The van der Waals surface area contributed by atoms with E-state index >= 15 is 0 Å². The van der Waals surface area contributed by atoms with Gasteiger partial charge in [0.15, 0.2) is 0 Å². The Morgan fingerprint density at radius 2 is 0.378 bits per heavy atom. The highest BCUT2D eigenvalue weighted by atomic mass is 16.3. The van der Waals surface area contributed by atoms with Crippen molar-refractivity contribution in [3.05, 3.63) is 473 Å². The highest BCUT2D eigenvalue weighted by molar-refractivity contribution is 6.29. The minimum absolute atomic E-state index is 0.907. The van der Waals surface area contributed by atoms with E-state index in [0.717, 1.165) is 99.4 Å². The number of para-hydroxylation sites is 12. The molecule has 0 atom stereocenters. The summed E-state index contributed by atoms with van der Waals surface area (Å²) in [6.07, 6.45) is 0. The number of nitrogens with zero attached hydrogens (tertiary/aromatic N) is 6. The molecule has 0 saturated heterocycles. The Labute approximate surface area is 772 Å². The van der Waals surface area contributed by atoms with Gasteiger partial charge < -0.3 is 40.7 Å². The lowest BCUT2D eigenvalue weighted by molar-refractivity contribution is 0.669. The molecule has 9 heteroatoms. The highest BCUT2D eigenvalue weighted by Crippen LogP contribution is 2.49. The first-order valence-corrected chi connectivity index (χ1v) is 46.1. The van der Waals surface area contributed by atoms with Crippen LogP contribution in [0.5, 0.6) is 0 Å². The van der Waals surface area contributed by atoms with Gasteiger partial charge in [-0.25, -0.2) is 0 Å². The average molecular weight is 1720 g/mol. The third kappa shape index (κ3) is 11.9. The van der Waals surface area contributed by atoms with E-state index in [0.29, 0.717) is 0 Å². The van der Waals surface area contributed by atoms with Crippen molar-refractivity contribution in [2.24, 2.45) is 0 Å². The molecule has 0 fully saturated rings. The van der Waals surface area contributed by atoms with Gasteiger partial charge in [-0.1, -0.05) is 255 Å². The van der Waals surface area contributed by atoms with Gasteiger partial charge in [-0.3, -0.25) is 0 Å². The molecule has 0 spiro atoms. The van der Waals surface area contributed by atoms with Gasteiger partial charge in [0.1, 0.15) is 33.5 Å². The summed E-state index contributed by atoms with van der Waals surface area (Å²) in [6, 6.07) is 170. The first kappa shape index (κ1) is 75.8. The molecule has 30 rings (SSSR count). The van der Waals surface area contributed by atoms with Crippen molar-refractivity contribution in [1.82, 2.24) is 27.4 Å². The molecular formula is C126H78N6O3. The lowest BCUT2D eigenvalue weighted by Gasteiger charge is -2.09. The second-order valence-electron chi connectivity index (χ2n) is 35.3. The third-order valence-electron chi connectivity index (χ3n) is 27.9. The predicted molar refractivity (Wildman–Crippen MR) is 564 cm³/mol. The molecule has 9 heterocycles. The molecule has 0 bridgehead atoms. The molecule has 9 aromatic heterocycles. The Morgan fingerprint density at radius 1 is 0.119 bits per heavy atom. The van der Waals surface area contributed by atoms with Crippen molar-refractivity contribution < 1.29 is 13.3 Å². The summed E-state index contributed by atoms with van der Waals surface area (Å²) in [5, 5.41) is 21.6. The lowest BCUT2D eigenvalue weighted by atomic mass is 9.99. The molecule has 0 radical (unpaired) electrons. The number of aromatic nitrogens is 6. The first-order valence-electron chi connectivity index (χ1n) is 46.1. The fraction of sp³-hybridized carbons (Fsp3) is 0. The molecule has 30 aromatic rings. The summed E-state index contributed by atoms with van der Waals surface area (Å²) < 4.78 is 33.5. The second-order valence-corrected chi connectivity index (χ2v) is 35.3. The third-order valence-corrected chi connectivity index (χ3v) is 27.9. The van der Waals surface area contributed by atoms with E-state index in [1.165, 1.54) is 165 Å². The van der Waals surface area contributed by atoms with E-state index in [1.807, 2.05) is 24.3 Å². The monoisotopic (exact) mass is 1720 g/mol. The molecule has 0 saturated carbocycles. The summed E-state index contributed by atoms with van der Waals surface area (Å²) in [6.45, 7) is 0. The largest absolute Gasteiger partial charge is 0.456 e. The predicted octanol–water partition coefficient (Wildman–Crippen LogP) is 34.3. The van der Waals surface area contributed by atoms with Crippen LogP contribution in [0.3, 0.4) is 0 Å². The number of hydrogen-bond donors (Lipinski definition) is 0. The average Bonchev–Trinajstić information content (AvgIpc) is 1.56. The Bertz CT molecular complexity index is 10000. The maximum atomic E-state index is 6.60. The van der Waals surface area contributed by atoms with Crippen LogP contribution in [0, 0.1) is 0 Å². The van der Waals surface area contributed by atoms with E-state index in [4.69, 9.17) is 13.3 Å². The Balaban J connectivity index is 0.000000101. The molecule has 0 aliphatic carbocycles. The quantitative estimate of drug-likeness (QED) is 0.145. The normalized spacial score (nSPS) is 12.0. The summed E-state index contributed by atoms with van der Waals surface area (Å²) in [7, 11) is 0. The van der Waals surface area contributed by atoms with Crippen LogP contribution in [-0.4, -0.2) is 27.4 Å². The molecule has 21 aromatic carbocycles. The maximum absolute atomic E-state index is 6.60. The molecule has 0 unspecified atom stereocenters. The molecular weight excluding hydrogens is 1650 g/mol. The fourth-order valence-corrected chi connectivity index (χ4v) is 22.0. The van der Waals surface area contributed by atoms with Crippen LogP contribution in [-0.2, 0) is 0 Å². The zero-order valence-electron chi connectivity index (χ0n) is 72.9. The van der Waals surface area contributed by atoms with Crippen LogP contribution >= 0.6 is 0 Å². The van der Waals surface area contributed by atoms with Gasteiger partial charge in [0, 0.05) is 132 Å². The van der Waals surface area contributed by atoms with E-state index < -0.39 is 0 Å². The van der Waals surface area contributed by atoms with Gasteiger partial charge in [0.05, 0.1) is 71.6 Å². The minimum Gasteiger partial charge on any atom is -0.456 e. The minimum atomic E-state index is 0.907. The number of fused-ring (bicyclic) bond motifs is 29. The molecule has 135 heavy (non-hydrogen) atoms. The van der Waals surface area contributed by atoms with Crippen LogP contribution in [0.25, 0.3) is 264 Å². The van der Waals surface area contributed by atoms with E-state index in [2.05, 4.69) is 476 Å². The van der Waals surface area contributed by atoms with Crippen molar-refractivity contribution in [3.8, 4) is 67.5 Å². The van der Waals surface area contributed by atoms with Crippen molar-refractivity contribution in [1.29, 1.82) is 0 Å². The van der Waals surface area contributed by atoms with Gasteiger partial charge >= 0.3 is 0 Å². The lowest BCUT2D eigenvalue weighted by Crippen LogP contribution is -1.93. The zero-order chi connectivity index (χ0) is 88.5. The van der Waals surface area contributed by atoms with Crippen molar-refractivity contribution in [2.45, 2.75) is 0 Å². The topological polar surface area (TPSA) is 69.0 Å². The second kappa shape index (κ2) is 30.2. The summed E-state index contributed by atoms with van der Waals surface area (Å²) in [5.41, 5.74) is 33.8. The standard InChI is InChI=1S/3C42H26N2O/c1-3-11-29(12-4-1)43-36-17-9-7-15-31(36)34-25-27(19-22-37(34)43)28-20-23-38-35(26-28)41-39(44(38)30-13-5-2-6-14-30)24-21-33-32-16-8-10-18-40(32)45-42(33)41;1-3-11-29(12-4-1)43-37-17-9-7-15-31(37)33-23-27(19-21-38(33)43)28-20-22-39-34(24-28)35-25-36-32-16-8-10-18-41(32)45-42(36)26-40(35)44(39)30-13-5-2-6-14-30;1-3-11-29(12-4-1)43-35-17-9-7-15-31(35)33-25-27(19-21-36(33)43)28-20-22-37-34(26-28)41-38(44(37)30-13-5-2-6-14-30)23-24-40-42(41)32-16-8-10-18-39(32)45-40/h3*1-26H. The fourth-order valence-electron chi connectivity index (χ4n) is 22.0. The van der Waals surface area contributed by atoms with Gasteiger partial charge in [-0.2, -0.15) is 0 Å². The first-order chi connectivity index (χ1) is 67.0. The number of hydrogen-bond acceptors (Lipinski definition) is 3. The molecule has 0 aliphatic heterocycles. The van der Waals surface area contributed by atoms with Crippen LogP contribution in [0.1, 0.15) is 0 Å². The summed E-state index contributed by atoms with van der Waals surface area (Å²) >= 11 is 0. The van der Waals surface area contributed by atoms with E-state index in [1.54, 1.807) is 0 Å². The molecule has 630 valence electrons.